The molecule has 0 aliphatic carbocycles. The monoisotopic (exact) mass is 889 g/mol. The minimum atomic E-state index is -0.607. The Balaban J connectivity index is 1.12. The standard InChI is InChI=1S/C54H55N3O7S/c1-4-7-9-12-31-61-47-25-17-40(18-26-47)38-64-50-28-22-43(34-45(50)36-55-57(52(58)29-32-62-53(59)6-3)54-56-49-13-10-11-14-51(49)65-54)41-19-20-44-35-48(27-21-42(44)33-41)63-37-39-15-23-46(24-16-39)60-30-8-5-2/h6,10-11,13-28,33-36H,3-5,7-9,12,29-32,37-38H2,1-2H3/b55-36+. The molecule has 1 heterocycles. The first-order chi connectivity index (χ1) is 31.9. The second-order valence-corrected chi connectivity index (χ2v) is 16.5. The lowest BCUT2D eigenvalue weighted by Gasteiger charge is -2.15. The van der Waals surface area contributed by atoms with Gasteiger partial charge in [-0.25, -0.2) is 9.78 Å². The van der Waals surface area contributed by atoms with Gasteiger partial charge in [0.1, 0.15) is 42.8 Å². The normalized spacial score (nSPS) is 11.2. The van der Waals surface area contributed by atoms with Crippen molar-refractivity contribution < 1.29 is 33.3 Å². The largest absolute Gasteiger partial charge is 0.494 e. The number of anilines is 1. The summed E-state index contributed by atoms with van der Waals surface area (Å²) >= 11 is 1.34. The number of hydrogen-bond donors (Lipinski definition) is 0. The summed E-state index contributed by atoms with van der Waals surface area (Å²) in [6.07, 6.45) is 9.30. The Labute approximate surface area is 385 Å². The molecule has 0 unspecified atom stereocenters. The highest BCUT2D eigenvalue weighted by Gasteiger charge is 2.20. The van der Waals surface area contributed by atoms with Crippen LogP contribution in [0, 0.1) is 0 Å². The molecule has 0 N–H and O–H groups in total. The minimum Gasteiger partial charge on any atom is -0.494 e. The van der Waals surface area contributed by atoms with Crippen molar-refractivity contribution in [3.05, 3.63) is 157 Å². The molecule has 0 spiro atoms. The molecule has 0 radical (unpaired) electrons. The van der Waals surface area contributed by atoms with Crippen LogP contribution in [0.3, 0.4) is 0 Å². The summed E-state index contributed by atoms with van der Waals surface area (Å²) in [7, 11) is 0. The van der Waals surface area contributed by atoms with Gasteiger partial charge in [-0.2, -0.15) is 10.1 Å². The topological polar surface area (TPSA) is 109 Å². The number of unbranched alkanes of at least 4 members (excludes halogenated alkanes) is 4. The van der Waals surface area contributed by atoms with E-state index in [0.29, 0.717) is 36.3 Å². The molecule has 7 aromatic rings. The molecule has 6 aromatic carbocycles. The smallest absolute Gasteiger partial charge is 0.330 e. The molecular formula is C54H55N3O7S. The Morgan fingerprint density at radius 1 is 0.662 bits per heavy atom. The quantitative estimate of drug-likeness (QED) is 0.0194. The van der Waals surface area contributed by atoms with E-state index in [-0.39, 0.29) is 13.0 Å². The van der Waals surface area contributed by atoms with Gasteiger partial charge in [-0.15, -0.1) is 0 Å². The van der Waals surface area contributed by atoms with Gasteiger partial charge in [0.2, 0.25) is 5.13 Å². The number of esters is 1. The average Bonchev–Trinajstić information content (AvgIpc) is 3.77. The number of hydrogen-bond acceptors (Lipinski definition) is 10. The number of thiazole rings is 1. The van der Waals surface area contributed by atoms with Gasteiger partial charge in [0, 0.05) is 11.6 Å². The van der Waals surface area contributed by atoms with Crippen molar-refractivity contribution in [2.24, 2.45) is 5.10 Å². The number of aromatic nitrogens is 1. The van der Waals surface area contributed by atoms with Crippen molar-refractivity contribution in [3.63, 3.8) is 0 Å². The van der Waals surface area contributed by atoms with Crippen LogP contribution in [0.2, 0.25) is 0 Å². The van der Waals surface area contributed by atoms with Crippen molar-refractivity contribution in [1.82, 2.24) is 4.98 Å². The van der Waals surface area contributed by atoms with E-state index in [4.69, 9.17) is 33.8 Å². The third kappa shape index (κ3) is 13.3. The molecule has 1 amide bonds. The van der Waals surface area contributed by atoms with E-state index in [1.54, 1.807) is 6.21 Å². The number of para-hydroxylation sites is 1. The molecule has 10 nitrogen and oxygen atoms in total. The Morgan fingerprint density at radius 3 is 2.03 bits per heavy atom. The van der Waals surface area contributed by atoms with Gasteiger partial charge in [-0.05, 0) is 113 Å². The molecule has 0 atom stereocenters. The number of carbonyl (C=O) groups is 2. The molecule has 0 saturated carbocycles. The van der Waals surface area contributed by atoms with Gasteiger partial charge >= 0.3 is 5.97 Å². The number of ether oxygens (including phenoxy) is 5. The first-order valence-electron chi connectivity index (χ1n) is 22.3. The molecule has 11 heteroatoms. The first kappa shape index (κ1) is 46.0. The molecule has 7 rings (SSSR count). The van der Waals surface area contributed by atoms with E-state index in [1.165, 1.54) is 29.2 Å². The van der Waals surface area contributed by atoms with Crippen LogP contribution in [0.15, 0.2) is 145 Å². The predicted molar refractivity (Wildman–Crippen MR) is 261 cm³/mol. The zero-order valence-corrected chi connectivity index (χ0v) is 37.9. The number of nitrogens with zero attached hydrogens (tertiary/aromatic N) is 3. The molecular weight excluding hydrogens is 835 g/mol. The fraction of sp³-hybridized carbons (Fsp3) is 0.259. The van der Waals surface area contributed by atoms with Crippen molar-refractivity contribution in [3.8, 4) is 34.1 Å². The van der Waals surface area contributed by atoms with Crippen molar-refractivity contribution in [2.45, 2.75) is 72.0 Å². The maximum atomic E-state index is 13.8. The van der Waals surface area contributed by atoms with Crippen molar-refractivity contribution >= 4 is 55.5 Å². The Hall–Kier alpha value is -6.98. The number of amides is 1. The molecule has 0 aliphatic heterocycles. The van der Waals surface area contributed by atoms with Crippen LogP contribution >= 0.6 is 11.3 Å². The molecule has 334 valence electrons. The Morgan fingerprint density at radius 2 is 1.31 bits per heavy atom. The van der Waals surface area contributed by atoms with E-state index < -0.39 is 11.9 Å². The Bertz CT molecular complexity index is 2660. The van der Waals surface area contributed by atoms with Crippen LogP contribution in [0.5, 0.6) is 23.0 Å². The predicted octanol–water partition coefficient (Wildman–Crippen LogP) is 12.9. The molecule has 0 bridgehead atoms. The maximum Gasteiger partial charge on any atom is 0.330 e. The summed E-state index contributed by atoms with van der Waals surface area (Å²) in [4.78, 5) is 30.2. The van der Waals surface area contributed by atoms with Crippen molar-refractivity contribution in [2.75, 3.05) is 24.8 Å². The summed E-state index contributed by atoms with van der Waals surface area (Å²) in [6.45, 7) is 9.81. The highest BCUT2D eigenvalue weighted by molar-refractivity contribution is 7.22. The van der Waals surface area contributed by atoms with E-state index in [0.717, 1.165) is 98.9 Å². The van der Waals surface area contributed by atoms with Gasteiger partial charge in [0.25, 0.3) is 5.91 Å². The third-order valence-electron chi connectivity index (χ3n) is 10.6. The summed E-state index contributed by atoms with van der Waals surface area (Å²) < 4.78 is 30.4. The van der Waals surface area contributed by atoms with E-state index in [2.05, 4.69) is 50.8 Å². The zero-order valence-electron chi connectivity index (χ0n) is 37.1. The van der Waals surface area contributed by atoms with E-state index in [1.807, 2.05) is 97.1 Å². The highest BCUT2D eigenvalue weighted by Crippen LogP contribution is 2.33. The first-order valence-corrected chi connectivity index (χ1v) is 23.1. The Kier molecular flexibility index (Phi) is 16.7. The summed E-state index contributed by atoms with van der Waals surface area (Å²) in [5.74, 6) is 2.05. The lowest BCUT2D eigenvalue weighted by molar-refractivity contribution is -0.138. The van der Waals surface area contributed by atoms with Gasteiger partial charge in [0.15, 0.2) is 0 Å². The lowest BCUT2D eigenvalue weighted by Crippen LogP contribution is -2.27. The molecule has 0 fully saturated rings. The van der Waals surface area contributed by atoms with Crippen LogP contribution in [-0.4, -0.2) is 42.9 Å². The summed E-state index contributed by atoms with van der Waals surface area (Å²) in [5, 5.41) is 8.48. The van der Waals surface area contributed by atoms with Gasteiger partial charge in [-0.3, -0.25) is 4.79 Å². The SMILES string of the molecule is C=CC(=O)OCCC(=O)N(/N=C/c1cc(-c2ccc3cc(OCc4ccc(OCCCC)cc4)ccc3c2)ccc1OCc1ccc(OCCCCCC)cc1)c1nc2ccccc2s1. The maximum absolute atomic E-state index is 13.8. The van der Waals surface area contributed by atoms with E-state index in [9.17, 15) is 9.59 Å². The van der Waals surface area contributed by atoms with Gasteiger partial charge in [0.05, 0.1) is 36.1 Å². The van der Waals surface area contributed by atoms with Crippen LogP contribution in [0.25, 0.3) is 32.1 Å². The van der Waals surface area contributed by atoms with Crippen LogP contribution in [-0.2, 0) is 27.5 Å². The molecule has 65 heavy (non-hydrogen) atoms. The van der Waals surface area contributed by atoms with Crippen LogP contribution in [0.1, 0.15) is 75.5 Å². The highest BCUT2D eigenvalue weighted by atomic mass is 32.1. The molecule has 0 saturated heterocycles. The number of benzene rings is 6. The summed E-state index contributed by atoms with van der Waals surface area (Å²) in [6, 6.07) is 42.0. The fourth-order valence-electron chi connectivity index (χ4n) is 6.89. The molecule has 1 aromatic heterocycles. The van der Waals surface area contributed by atoms with Crippen molar-refractivity contribution in [1.29, 1.82) is 0 Å². The number of rotatable bonds is 24. The number of fused-ring (bicyclic) bond motifs is 2. The average molecular weight is 890 g/mol. The second-order valence-electron chi connectivity index (χ2n) is 15.5. The number of carbonyl (C=O) groups excluding carboxylic acids is 2. The van der Waals surface area contributed by atoms with Crippen LogP contribution in [0.4, 0.5) is 5.13 Å². The van der Waals surface area contributed by atoms with E-state index >= 15 is 0 Å². The lowest BCUT2D eigenvalue weighted by atomic mass is 9.99. The zero-order chi connectivity index (χ0) is 45.2. The molecule has 0 aliphatic rings. The third-order valence-corrected chi connectivity index (χ3v) is 11.6. The second kappa shape index (κ2) is 23.6. The van der Waals surface area contributed by atoms with Crippen LogP contribution < -0.4 is 24.0 Å². The number of hydrazone groups is 1. The van der Waals surface area contributed by atoms with Gasteiger partial charge < -0.3 is 23.7 Å². The van der Waals surface area contributed by atoms with Gasteiger partial charge in [-0.1, -0.05) is 118 Å². The fourth-order valence-corrected chi connectivity index (χ4v) is 7.83. The minimum absolute atomic E-state index is 0.111. The summed E-state index contributed by atoms with van der Waals surface area (Å²) in [5.41, 5.74) is 5.34.